The van der Waals surface area contributed by atoms with E-state index < -0.39 is 5.60 Å². The molecule has 8 heteroatoms. The normalized spacial score (nSPS) is 18.9. The van der Waals surface area contributed by atoms with E-state index in [1.807, 2.05) is 38.6 Å². The Balaban J connectivity index is 0.00000392. The van der Waals surface area contributed by atoms with Gasteiger partial charge in [0.15, 0.2) is 5.96 Å². The number of furan rings is 1. The van der Waals surface area contributed by atoms with Gasteiger partial charge in [0.05, 0.1) is 6.54 Å². The first-order chi connectivity index (χ1) is 12.8. The van der Waals surface area contributed by atoms with E-state index >= 15 is 0 Å². The Kier molecular flexibility index (Phi) is 10.7. The number of ether oxygens (including phenoxy) is 1. The van der Waals surface area contributed by atoms with Gasteiger partial charge in [0, 0.05) is 36.6 Å². The monoisotopic (exact) mass is 525 g/mol. The van der Waals surface area contributed by atoms with Crippen LogP contribution in [0.15, 0.2) is 15.5 Å². The minimum atomic E-state index is -1.07. The van der Waals surface area contributed by atoms with E-state index in [0.717, 1.165) is 67.9 Å². The molecule has 6 nitrogen and oxygen atoms in total. The highest BCUT2D eigenvalue weighted by atomic mass is 127. The molecule has 0 radical (unpaired) electrons. The number of nitrogens with one attached hydrogen (secondary N) is 2. The standard InChI is InChI=1S/C20H35N3O3S.HI/c1-6-21-18(23-14-20(27-7-2)8-10-25-11-9-20)22-13-19(5,24)17-12-15(3)26-16(17)4;/h12,24H,6-11,13-14H2,1-5H3,(H2,21,22,23);1H. The lowest BCUT2D eigenvalue weighted by Gasteiger charge is -2.37. The second-order valence-electron chi connectivity index (χ2n) is 7.38. The molecular weight excluding hydrogens is 489 g/mol. The van der Waals surface area contributed by atoms with Crippen molar-refractivity contribution < 1.29 is 14.3 Å². The SMILES string of the molecule is CCNC(=NCC(C)(O)c1cc(C)oc1C)NCC1(SCC)CCOCC1.I. The van der Waals surface area contributed by atoms with Crippen LogP contribution in [0.2, 0.25) is 0 Å². The third-order valence-electron chi connectivity index (χ3n) is 4.94. The summed E-state index contributed by atoms with van der Waals surface area (Å²) >= 11 is 2.00. The minimum Gasteiger partial charge on any atom is -0.466 e. The van der Waals surface area contributed by atoms with Crippen LogP contribution in [0.1, 0.15) is 50.7 Å². The zero-order valence-electron chi connectivity index (χ0n) is 17.8. The first-order valence-corrected chi connectivity index (χ1v) is 10.8. The summed E-state index contributed by atoms with van der Waals surface area (Å²) in [5, 5.41) is 17.7. The molecule has 1 aliphatic heterocycles. The van der Waals surface area contributed by atoms with Crippen molar-refractivity contribution in [2.45, 2.75) is 57.8 Å². The van der Waals surface area contributed by atoms with Gasteiger partial charge in [-0.1, -0.05) is 6.92 Å². The first-order valence-electron chi connectivity index (χ1n) is 9.85. The zero-order valence-corrected chi connectivity index (χ0v) is 20.9. The molecule has 1 saturated heterocycles. The quantitative estimate of drug-likeness (QED) is 0.274. The Morgan fingerprint density at radius 1 is 1.29 bits per heavy atom. The van der Waals surface area contributed by atoms with Crippen LogP contribution < -0.4 is 10.6 Å². The second-order valence-corrected chi connectivity index (χ2v) is 9.11. The van der Waals surface area contributed by atoms with Gasteiger partial charge in [-0.2, -0.15) is 11.8 Å². The van der Waals surface area contributed by atoms with Crippen LogP contribution in [0.3, 0.4) is 0 Å². The summed E-state index contributed by atoms with van der Waals surface area (Å²) in [5.41, 5.74) is -0.277. The van der Waals surface area contributed by atoms with E-state index in [1.165, 1.54) is 0 Å². The van der Waals surface area contributed by atoms with Crippen molar-refractivity contribution in [3.8, 4) is 0 Å². The maximum absolute atomic E-state index is 10.9. The molecule has 1 aliphatic rings. The second kappa shape index (κ2) is 11.7. The Hall–Kier alpha value is -0.450. The van der Waals surface area contributed by atoms with Gasteiger partial charge in [0.1, 0.15) is 17.1 Å². The third-order valence-corrected chi connectivity index (χ3v) is 6.40. The fraction of sp³-hybridized carbons (Fsp3) is 0.750. The van der Waals surface area contributed by atoms with Crippen LogP contribution in [0, 0.1) is 13.8 Å². The minimum absolute atomic E-state index is 0. The fourth-order valence-electron chi connectivity index (χ4n) is 3.49. The molecule has 28 heavy (non-hydrogen) atoms. The molecule has 1 aromatic heterocycles. The van der Waals surface area contributed by atoms with E-state index in [9.17, 15) is 5.11 Å². The van der Waals surface area contributed by atoms with E-state index in [2.05, 4.69) is 22.5 Å². The van der Waals surface area contributed by atoms with Gasteiger partial charge in [-0.15, -0.1) is 24.0 Å². The highest BCUT2D eigenvalue weighted by Crippen LogP contribution is 2.34. The first kappa shape index (κ1) is 25.6. The molecule has 0 amide bonds. The maximum Gasteiger partial charge on any atom is 0.191 e. The summed E-state index contributed by atoms with van der Waals surface area (Å²) < 4.78 is 11.3. The van der Waals surface area contributed by atoms with Crippen LogP contribution in [0.25, 0.3) is 0 Å². The van der Waals surface area contributed by atoms with Crippen molar-refractivity contribution in [2.24, 2.45) is 4.99 Å². The lowest BCUT2D eigenvalue weighted by atomic mass is 9.96. The number of thioether (sulfide) groups is 1. The van der Waals surface area contributed by atoms with Crippen molar-refractivity contribution in [3.63, 3.8) is 0 Å². The van der Waals surface area contributed by atoms with Gasteiger partial charge in [0.25, 0.3) is 0 Å². The molecule has 3 N–H and O–H groups in total. The summed E-state index contributed by atoms with van der Waals surface area (Å²) in [7, 11) is 0. The third kappa shape index (κ3) is 7.11. The average molecular weight is 525 g/mol. The average Bonchev–Trinajstić information content (AvgIpc) is 2.98. The predicted molar refractivity (Wildman–Crippen MR) is 128 cm³/mol. The highest BCUT2D eigenvalue weighted by Gasteiger charge is 2.33. The lowest BCUT2D eigenvalue weighted by molar-refractivity contribution is 0.0656. The van der Waals surface area contributed by atoms with E-state index in [1.54, 1.807) is 6.92 Å². The number of rotatable bonds is 8. The number of aliphatic hydroxyl groups is 1. The maximum atomic E-state index is 10.9. The number of guanidine groups is 1. The fourth-order valence-corrected chi connectivity index (χ4v) is 4.73. The van der Waals surface area contributed by atoms with Crippen LogP contribution in [0.5, 0.6) is 0 Å². The molecule has 1 unspecified atom stereocenters. The van der Waals surface area contributed by atoms with E-state index in [4.69, 9.17) is 9.15 Å². The molecule has 0 bridgehead atoms. The molecule has 0 aliphatic carbocycles. The van der Waals surface area contributed by atoms with E-state index in [-0.39, 0.29) is 35.3 Å². The molecule has 0 saturated carbocycles. The Labute approximate surface area is 190 Å². The van der Waals surface area contributed by atoms with Crippen molar-refractivity contribution >= 4 is 41.7 Å². The number of hydrogen-bond donors (Lipinski definition) is 3. The number of nitrogens with zero attached hydrogens (tertiary/aromatic N) is 1. The smallest absolute Gasteiger partial charge is 0.191 e. The molecule has 1 aromatic rings. The number of hydrogen-bond acceptors (Lipinski definition) is 5. The van der Waals surface area contributed by atoms with Crippen LogP contribution >= 0.6 is 35.7 Å². The zero-order chi connectivity index (χ0) is 19.9. The largest absolute Gasteiger partial charge is 0.466 e. The number of halogens is 1. The Bertz CT molecular complexity index is 623. The predicted octanol–water partition coefficient (Wildman–Crippen LogP) is 3.58. The van der Waals surface area contributed by atoms with E-state index in [0.29, 0.717) is 0 Å². The molecule has 0 aromatic carbocycles. The van der Waals surface area contributed by atoms with Gasteiger partial charge >= 0.3 is 0 Å². The van der Waals surface area contributed by atoms with Gasteiger partial charge in [-0.3, -0.25) is 0 Å². The molecule has 2 rings (SSSR count). The molecule has 0 spiro atoms. The van der Waals surface area contributed by atoms with Gasteiger partial charge < -0.3 is 24.9 Å². The molecule has 2 heterocycles. The topological polar surface area (TPSA) is 79.0 Å². The molecule has 1 atom stereocenters. The number of aliphatic imine (C=N–C) groups is 1. The van der Waals surface area contributed by atoms with Gasteiger partial charge in [0.2, 0.25) is 0 Å². The highest BCUT2D eigenvalue weighted by molar-refractivity contribution is 14.0. The van der Waals surface area contributed by atoms with Crippen molar-refractivity contribution in [1.29, 1.82) is 0 Å². The molecule has 162 valence electrons. The summed E-state index contributed by atoms with van der Waals surface area (Å²) in [6.07, 6.45) is 2.09. The number of aryl methyl sites for hydroxylation is 2. The summed E-state index contributed by atoms with van der Waals surface area (Å²) in [6.45, 7) is 13.3. The summed E-state index contributed by atoms with van der Waals surface area (Å²) in [5.74, 6) is 3.36. The van der Waals surface area contributed by atoms with Crippen LogP contribution in [-0.4, -0.2) is 54.4 Å². The van der Waals surface area contributed by atoms with Crippen molar-refractivity contribution in [3.05, 3.63) is 23.2 Å². The summed E-state index contributed by atoms with van der Waals surface area (Å²) in [4.78, 5) is 4.65. The lowest BCUT2D eigenvalue weighted by Crippen LogP contribution is -2.48. The summed E-state index contributed by atoms with van der Waals surface area (Å²) in [6, 6.07) is 1.89. The van der Waals surface area contributed by atoms with Gasteiger partial charge in [-0.25, -0.2) is 4.99 Å². The van der Waals surface area contributed by atoms with Crippen molar-refractivity contribution in [1.82, 2.24) is 10.6 Å². The van der Waals surface area contributed by atoms with Crippen LogP contribution in [-0.2, 0) is 10.3 Å². The van der Waals surface area contributed by atoms with Crippen LogP contribution in [0.4, 0.5) is 0 Å². The Morgan fingerprint density at radius 2 is 1.96 bits per heavy atom. The van der Waals surface area contributed by atoms with Crippen molar-refractivity contribution in [2.75, 3.05) is 38.6 Å². The van der Waals surface area contributed by atoms with Gasteiger partial charge in [-0.05, 0) is 52.4 Å². The Morgan fingerprint density at radius 3 is 2.50 bits per heavy atom. The molecule has 1 fully saturated rings. The molecular formula is C20H36IN3O3S.